The molecule has 4 heteroatoms. The predicted octanol–water partition coefficient (Wildman–Crippen LogP) is 3.50. The number of benzene rings is 2. The lowest BCUT2D eigenvalue weighted by molar-refractivity contribution is 0.408. The second kappa shape index (κ2) is 6.37. The maximum atomic E-state index is 6.19. The Labute approximate surface area is 130 Å². The summed E-state index contributed by atoms with van der Waals surface area (Å²) >= 11 is 6.19. The van der Waals surface area contributed by atoms with E-state index < -0.39 is 0 Å². The Hall–Kier alpha value is -1.71. The van der Waals surface area contributed by atoms with Crippen molar-refractivity contribution in [2.24, 2.45) is 0 Å². The Morgan fingerprint density at radius 3 is 2.76 bits per heavy atom. The number of piperazine rings is 1. The summed E-state index contributed by atoms with van der Waals surface area (Å²) in [7, 11) is 1.70. The highest BCUT2D eigenvalue weighted by molar-refractivity contribution is 6.30. The van der Waals surface area contributed by atoms with Crippen molar-refractivity contribution in [2.45, 2.75) is 6.04 Å². The molecular formula is C17H19ClN2O. The standard InChI is InChI=1S/C17H19ClN2O/c1-21-17-8-7-14(18)11-15(17)20-10-9-19-12-16(20)13-5-3-2-4-6-13/h2-8,11,16,19H,9-10,12H2,1H3. The molecule has 1 fully saturated rings. The minimum absolute atomic E-state index is 0.285. The Morgan fingerprint density at radius 2 is 2.00 bits per heavy atom. The van der Waals surface area contributed by atoms with E-state index in [1.54, 1.807) is 7.11 Å². The molecule has 1 aliphatic heterocycles. The van der Waals surface area contributed by atoms with Gasteiger partial charge in [0.15, 0.2) is 0 Å². The van der Waals surface area contributed by atoms with E-state index >= 15 is 0 Å². The lowest BCUT2D eigenvalue weighted by Crippen LogP contribution is -2.46. The molecule has 2 aromatic rings. The number of hydrogen-bond acceptors (Lipinski definition) is 3. The van der Waals surface area contributed by atoms with Gasteiger partial charge < -0.3 is 15.0 Å². The molecule has 0 aromatic heterocycles. The zero-order chi connectivity index (χ0) is 14.7. The molecule has 1 heterocycles. The number of hydrogen-bond donors (Lipinski definition) is 1. The molecule has 0 amide bonds. The zero-order valence-electron chi connectivity index (χ0n) is 12.1. The zero-order valence-corrected chi connectivity index (χ0v) is 12.8. The van der Waals surface area contributed by atoms with Crippen LogP contribution in [0.1, 0.15) is 11.6 Å². The fourth-order valence-corrected chi connectivity index (χ4v) is 3.02. The predicted molar refractivity (Wildman–Crippen MR) is 87.4 cm³/mol. The van der Waals surface area contributed by atoms with Gasteiger partial charge in [0, 0.05) is 24.7 Å². The van der Waals surface area contributed by atoms with Crippen LogP contribution in [0.3, 0.4) is 0 Å². The van der Waals surface area contributed by atoms with Gasteiger partial charge in [-0.25, -0.2) is 0 Å². The summed E-state index contributed by atoms with van der Waals surface area (Å²) in [5.74, 6) is 0.863. The van der Waals surface area contributed by atoms with E-state index in [0.29, 0.717) is 0 Å². The summed E-state index contributed by atoms with van der Waals surface area (Å²) in [4.78, 5) is 2.37. The molecule has 0 bridgehead atoms. The van der Waals surface area contributed by atoms with E-state index in [2.05, 4.69) is 34.5 Å². The maximum Gasteiger partial charge on any atom is 0.142 e. The topological polar surface area (TPSA) is 24.5 Å². The van der Waals surface area contributed by atoms with Crippen LogP contribution in [0.4, 0.5) is 5.69 Å². The van der Waals surface area contributed by atoms with Crippen molar-refractivity contribution in [3.05, 3.63) is 59.1 Å². The van der Waals surface area contributed by atoms with Crippen LogP contribution in [0.15, 0.2) is 48.5 Å². The van der Waals surface area contributed by atoms with Crippen molar-refractivity contribution in [2.75, 3.05) is 31.6 Å². The summed E-state index contributed by atoms with van der Waals surface area (Å²) in [6, 6.07) is 16.6. The first kappa shape index (κ1) is 14.2. The average molecular weight is 303 g/mol. The first-order valence-electron chi connectivity index (χ1n) is 7.15. The molecule has 21 heavy (non-hydrogen) atoms. The summed E-state index contributed by atoms with van der Waals surface area (Å²) in [6.45, 7) is 2.80. The van der Waals surface area contributed by atoms with Crippen molar-refractivity contribution in [1.82, 2.24) is 5.32 Å². The summed E-state index contributed by atoms with van der Waals surface area (Å²) in [5, 5.41) is 4.20. The van der Waals surface area contributed by atoms with Crippen LogP contribution in [0.5, 0.6) is 5.75 Å². The molecule has 110 valence electrons. The van der Waals surface area contributed by atoms with Crippen LogP contribution >= 0.6 is 11.6 Å². The number of anilines is 1. The fourth-order valence-electron chi connectivity index (χ4n) is 2.85. The van der Waals surface area contributed by atoms with Crippen molar-refractivity contribution >= 4 is 17.3 Å². The van der Waals surface area contributed by atoms with Crippen LogP contribution in [0.25, 0.3) is 0 Å². The number of rotatable bonds is 3. The molecule has 2 aromatic carbocycles. The first-order valence-corrected chi connectivity index (χ1v) is 7.53. The van der Waals surface area contributed by atoms with Gasteiger partial charge in [-0.3, -0.25) is 0 Å². The molecule has 3 rings (SSSR count). The molecule has 0 spiro atoms. The third kappa shape index (κ3) is 2.99. The molecule has 0 aliphatic carbocycles. The van der Waals surface area contributed by atoms with Crippen molar-refractivity contribution in [1.29, 1.82) is 0 Å². The van der Waals surface area contributed by atoms with Crippen LogP contribution in [-0.4, -0.2) is 26.7 Å². The highest BCUT2D eigenvalue weighted by Crippen LogP contribution is 2.36. The molecule has 1 unspecified atom stereocenters. The number of nitrogens with zero attached hydrogens (tertiary/aromatic N) is 1. The lowest BCUT2D eigenvalue weighted by atomic mass is 10.0. The van der Waals surface area contributed by atoms with Crippen molar-refractivity contribution < 1.29 is 4.74 Å². The normalized spacial score (nSPS) is 18.6. The van der Waals surface area contributed by atoms with Gasteiger partial charge in [-0.1, -0.05) is 41.9 Å². The largest absolute Gasteiger partial charge is 0.495 e. The molecule has 1 aliphatic rings. The van der Waals surface area contributed by atoms with Gasteiger partial charge in [0.1, 0.15) is 5.75 Å². The van der Waals surface area contributed by atoms with Gasteiger partial charge >= 0.3 is 0 Å². The number of halogens is 1. The monoisotopic (exact) mass is 302 g/mol. The van der Waals surface area contributed by atoms with Gasteiger partial charge in [0.05, 0.1) is 18.8 Å². The van der Waals surface area contributed by atoms with Gasteiger partial charge in [-0.2, -0.15) is 0 Å². The van der Waals surface area contributed by atoms with Crippen LogP contribution < -0.4 is 15.0 Å². The average Bonchev–Trinajstić information content (AvgIpc) is 2.55. The quantitative estimate of drug-likeness (QED) is 0.939. The summed E-state index contributed by atoms with van der Waals surface area (Å²) in [5.41, 5.74) is 2.35. The van der Waals surface area contributed by atoms with E-state index in [1.165, 1.54) is 5.56 Å². The van der Waals surface area contributed by atoms with Crippen molar-refractivity contribution in [3.63, 3.8) is 0 Å². The number of methoxy groups -OCH3 is 1. The van der Waals surface area contributed by atoms with Gasteiger partial charge in [-0.05, 0) is 23.8 Å². The molecule has 1 N–H and O–H groups in total. The smallest absolute Gasteiger partial charge is 0.142 e. The minimum atomic E-state index is 0.285. The number of ether oxygens (including phenoxy) is 1. The highest BCUT2D eigenvalue weighted by atomic mass is 35.5. The second-order valence-corrected chi connectivity index (χ2v) is 5.58. The van der Waals surface area contributed by atoms with Crippen LogP contribution in [0, 0.1) is 0 Å². The van der Waals surface area contributed by atoms with E-state index in [1.807, 2.05) is 24.3 Å². The third-order valence-corrected chi connectivity index (χ3v) is 4.11. The Morgan fingerprint density at radius 1 is 1.19 bits per heavy atom. The molecule has 1 atom stereocenters. The summed E-state index contributed by atoms with van der Waals surface area (Å²) in [6.07, 6.45) is 0. The highest BCUT2D eigenvalue weighted by Gasteiger charge is 2.26. The molecule has 3 nitrogen and oxygen atoms in total. The first-order chi connectivity index (χ1) is 10.3. The third-order valence-electron chi connectivity index (χ3n) is 3.88. The fraction of sp³-hybridized carbons (Fsp3) is 0.294. The minimum Gasteiger partial charge on any atom is -0.495 e. The Kier molecular flexibility index (Phi) is 4.32. The molecule has 0 radical (unpaired) electrons. The van der Waals surface area contributed by atoms with E-state index in [4.69, 9.17) is 16.3 Å². The number of nitrogens with one attached hydrogen (secondary N) is 1. The van der Waals surface area contributed by atoms with Gasteiger partial charge in [-0.15, -0.1) is 0 Å². The van der Waals surface area contributed by atoms with Gasteiger partial charge in [0.25, 0.3) is 0 Å². The van der Waals surface area contributed by atoms with E-state index in [0.717, 1.165) is 36.1 Å². The molecule has 1 saturated heterocycles. The molecule has 0 saturated carbocycles. The second-order valence-electron chi connectivity index (χ2n) is 5.14. The maximum absolute atomic E-state index is 6.19. The Balaban J connectivity index is 2.00. The van der Waals surface area contributed by atoms with Crippen LogP contribution in [-0.2, 0) is 0 Å². The van der Waals surface area contributed by atoms with E-state index in [9.17, 15) is 0 Å². The van der Waals surface area contributed by atoms with Gasteiger partial charge in [0.2, 0.25) is 0 Å². The SMILES string of the molecule is COc1ccc(Cl)cc1N1CCNCC1c1ccccc1. The Bertz CT molecular complexity index is 603. The van der Waals surface area contributed by atoms with Crippen LogP contribution in [0.2, 0.25) is 5.02 Å². The summed E-state index contributed by atoms with van der Waals surface area (Å²) < 4.78 is 5.52. The lowest BCUT2D eigenvalue weighted by Gasteiger charge is -2.39. The van der Waals surface area contributed by atoms with E-state index in [-0.39, 0.29) is 6.04 Å². The molecular weight excluding hydrogens is 284 g/mol. The van der Waals surface area contributed by atoms with Crippen molar-refractivity contribution in [3.8, 4) is 5.75 Å².